The molecule has 0 unspecified atom stereocenters. The SMILES string of the molecule is Cl.N[C@H](c1cccc2c1OCO2)[C@@H](O)Cc1ccccc1. The van der Waals surface area contributed by atoms with Crippen molar-refractivity contribution < 1.29 is 14.6 Å². The number of fused-ring (bicyclic) bond motifs is 1. The zero-order valence-electron chi connectivity index (χ0n) is 11.4. The van der Waals surface area contributed by atoms with Gasteiger partial charge in [-0.15, -0.1) is 12.4 Å². The van der Waals surface area contributed by atoms with E-state index in [2.05, 4.69) is 0 Å². The average molecular weight is 308 g/mol. The molecule has 112 valence electrons. The minimum atomic E-state index is -0.673. The predicted octanol–water partition coefficient (Wildman–Crippen LogP) is 2.44. The van der Waals surface area contributed by atoms with Gasteiger partial charge < -0.3 is 20.3 Å². The second kappa shape index (κ2) is 6.80. The molecule has 0 radical (unpaired) electrons. The van der Waals surface area contributed by atoms with Gasteiger partial charge in [-0.2, -0.15) is 0 Å². The third-order valence-electron chi connectivity index (χ3n) is 3.49. The van der Waals surface area contributed by atoms with Gasteiger partial charge in [0.25, 0.3) is 0 Å². The van der Waals surface area contributed by atoms with Crippen LogP contribution in [0.25, 0.3) is 0 Å². The third kappa shape index (κ3) is 3.29. The van der Waals surface area contributed by atoms with Gasteiger partial charge in [-0.25, -0.2) is 0 Å². The minimum Gasteiger partial charge on any atom is -0.454 e. The fourth-order valence-corrected chi connectivity index (χ4v) is 2.41. The summed E-state index contributed by atoms with van der Waals surface area (Å²) in [5.41, 5.74) is 8.01. The van der Waals surface area contributed by atoms with Gasteiger partial charge in [-0.05, 0) is 11.6 Å². The summed E-state index contributed by atoms with van der Waals surface area (Å²) in [6.45, 7) is 0.202. The van der Waals surface area contributed by atoms with Gasteiger partial charge in [0.05, 0.1) is 12.1 Å². The van der Waals surface area contributed by atoms with Crippen LogP contribution < -0.4 is 15.2 Å². The first-order valence-electron chi connectivity index (χ1n) is 6.62. The van der Waals surface area contributed by atoms with Crippen LogP contribution in [0.15, 0.2) is 48.5 Å². The summed E-state index contributed by atoms with van der Waals surface area (Å²) in [6.07, 6.45) is -0.167. The highest BCUT2D eigenvalue weighted by molar-refractivity contribution is 5.85. The molecule has 1 heterocycles. The Bertz CT molecular complexity index is 591. The molecular weight excluding hydrogens is 290 g/mol. The molecule has 2 aromatic rings. The Morgan fingerprint density at radius 1 is 1.05 bits per heavy atom. The molecule has 1 aliphatic heterocycles. The monoisotopic (exact) mass is 307 g/mol. The Hall–Kier alpha value is -1.75. The lowest BCUT2D eigenvalue weighted by atomic mass is 9.96. The lowest BCUT2D eigenvalue weighted by Crippen LogP contribution is -2.28. The van der Waals surface area contributed by atoms with Crippen LogP contribution in [-0.2, 0) is 6.42 Å². The van der Waals surface area contributed by atoms with Crippen LogP contribution in [0.4, 0.5) is 0 Å². The van der Waals surface area contributed by atoms with Crippen molar-refractivity contribution in [2.75, 3.05) is 6.79 Å². The molecule has 0 amide bonds. The largest absolute Gasteiger partial charge is 0.454 e. The van der Waals surface area contributed by atoms with E-state index in [4.69, 9.17) is 15.2 Å². The molecule has 3 N–H and O–H groups in total. The number of hydrogen-bond acceptors (Lipinski definition) is 4. The van der Waals surface area contributed by atoms with Gasteiger partial charge in [-0.3, -0.25) is 0 Å². The van der Waals surface area contributed by atoms with E-state index in [1.54, 1.807) is 0 Å². The van der Waals surface area contributed by atoms with Gasteiger partial charge in [0.1, 0.15) is 0 Å². The van der Waals surface area contributed by atoms with E-state index < -0.39 is 12.1 Å². The standard InChI is InChI=1S/C16H17NO3.ClH/c17-15(13(18)9-11-5-2-1-3-6-11)12-7-4-8-14-16(12)20-10-19-14;/h1-8,13,15,18H,9-10,17H2;1H/t13-,15+;/m0./s1. The molecule has 0 fully saturated rings. The van der Waals surface area contributed by atoms with Crippen LogP contribution >= 0.6 is 12.4 Å². The number of rotatable bonds is 4. The molecule has 21 heavy (non-hydrogen) atoms. The summed E-state index contributed by atoms with van der Waals surface area (Å²) < 4.78 is 10.8. The number of aliphatic hydroxyl groups is 1. The Kier molecular flexibility index (Phi) is 5.07. The average Bonchev–Trinajstić information content (AvgIpc) is 2.96. The second-order valence-electron chi connectivity index (χ2n) is 4.86. The van der Waals surface area contributed by atoms with E-state index in [-0.39, 0.29) is 19.2 Å². The summed E-state index contributed by atoms with van der Waals surface area (Å²) >= 11 is 0. The maximum atomic E-state index is 10.3. The molecule has 0 spiro atoms. The second-order valence-corrected chi connectivity index (χ2v) is 4.86. The first-order chi connectivity index (χ1) is 9.75. The van der Waals surface area contributed by atoms with Crippen LogP contribution in [0, 0.1) is 0 Å². The maximum Gasteiger partial charge on any atom is 0.231 e. The van der Waals surface area contributed by atoms with E-state index >= 15 is 0 Å². The molecule has 2 aromatic carbocycles. The minimum absolute atomic E-state index is 0. The molecule has 0 bridgehead atoms. The Morgan fingerprint density at radius 2 is 1.81 bits per heavy atom. The van der Waals surface area contributed by atoms with Gasteiger partial charge in [-0.1, -0.05) is 42.5 Å². The summed E-state index contributed by atoms with van der Waals surface area (Å²) in [7, 11) is 0. The van der Waals surface area contributed by atoms with Gasteiger partial charge in [0.2, 0.25) is 6.79 Å². The zero-order chi connectivity index (χ0) is 13.9. The van der Waals surface area contributed by atoms with Crippen LogP contribution in [0.2, 0.25) is 0 Å². The van der Waals surface area contributed by atoms with Crippen molar-refractivity contribution >= 4 is 12.4 Å². The maximum absolute atomic E-state index is 10.3. The summed E-state index contributed by atoms with van der Waals surface area (Å²) in [5.74, 6) is 1.33. The number of benzene rings is 2. The molecular formula is C16H18ClNO3. The van der Waals surface area contributed by atoms with Crippen LogP contribution in [0.5, 0.6) is 11.5 Å². The molecule has 0 aliphatic carbocycles. The highest BCUT2D eigenvalue weighted by atomic mass is 35.5. The van der Waals surface area contributed by atoms with Crippen molar-refractivity contribution in [3.8, 4) is 11.5 Å². The van der Waals surface area contributed by atoms with E-state index in [1.807, 2.05) is 48.5 Å². The summed E-state index contributed by atoms with van der Waals surface area (Å²) in [5, 5.41) is 10.3. The number of halogens is 1. The van der Waals surface area contributed by atoms with Crippen molar-refractivity contribution in [3.05, 3.63) is 59.7 Å². The summed E-state index contributed by atoms with van der Waals surface area (Å²) in [6, 6.07) is 14.9. The van der Waals surface area contributed by atoms with E-state index in [9.17, 15) is 5.11 Å². The molecule has 4 nitrogen and oxygen atoms in total. The lowest BCUT2D eigenvalue weighted by molar-refractivity contribution is 0.141. The molecule has 0 saturated heterocycles. The quantitative estimate of drug-likeness (QED) is 0.910. The van der Waals surface area contributed by atoms with Gasteiger partial charge >= 0.3 is 0 Å². The summed E-state index contributed by atoms with van der Waals surface area (Å²) in [4.78, 5) is 0. The number of para-hydroxylation sites is 1. The number of nitrogens with two attached hydrogens (primary N) is 1. The van der Waals surface area contributed by atoms with Crippen molar-refractivity contribution in [3.63, 3.8) is 0 Å². The first kappa shape index (κ1) is 15.6. The highest BCUT2D eigenvalue weighted by Gasteiger charge is 2.25. The molecule has 2 atom stereocenters. The van der Waals surface area contributed by atoms with Gasteiger partial charge in [0.15, 0.2) is 11.5 Å². The van der Waals surface area contributed by atoms with E-state index in [0.29, 0.717) is 17.9 Å². The van der Waals surface area contributed by atoms with Gasteiger partial charge in [0, 0.05) is 12.0 Å². The Balaban J connectivity index is 0.00000161. The van der Waals surface area contributed by atoms with Crippen LogP contribution in [0.3, 0.4) is 0 Å². The highest BCUT2D eigenvalue weighted by Crippen LogP contribution is 2.38. The topological polar surface area (TPSA) is 64.7 Å². The zero-order valence-corrected chi connectivity index (χ0v) is 12.3. The Labute approximate surface area is 129 Å². The number of ether oxygens (including phenoxy) is 2. The van der Waals surface area contributed by atoms with Crippen LogP contribution in [0.1, 0.15) is 17.2 Å². The molecule has 0 aromatic heterocycles. The molecule has 1 aliphatic rings. The van der Waals surface area contributed by atoms with Crippen molar-refractivity contribution in [1.82, 2.24) is 0 Å². The smallest absolute Gasteiger partial charge is 0.231 e. The number of aliphatic hydroxyl groups excluding tert-OH is 1. The predicted molar refractivity (Wildman–Crippen MR) is 82.9 cm³/mol. The normalized spacial score (nSPS) is 15.1. The molecule has 5 heteroatoms. The fourth-order valence-electron chi connectivity index (χ4n) is 2.41. The third-order valence-corrected chi connectivity index (χ3v) is 3.49. The van der Waals surface area contributed by atoms with Crippen LogP contribution in [-0.4, -0.2) is 18.0 Å². The Morgan fingerprint density at radius 3 is 2.57 bits per heavy atom. The fraction of sp³-hybridized carbons (Fsp3) is 0.250. The lowest BCUT2D eigenvalue weighted by Gasteiger charge is -2.20. The van der Waals surface area contributed by atoms with Crippen molar-refractivity contribution in [2.24, 2.45) is 5.73 Å². The van der Waals surface area contributed by atoms with E-state index in [0.717, 1.165) is 11.1 Å². The first-order valence-corrected chi connectivity index (χ1v) is 6.62. The van der Waals surface area contributed by atoms with Crippen molar-refractivity contribution in [2.45, 2.75) is 18.6 Å². The van der Waals surface area contributed by atoms with E-state index in [1.165, 1.54) is 0 Å². The van der Waals surface area contributed by atoms with Crippen molar-refractivity contribution in [1.29, 1.82) is 0 Å². The molecule has 0 saturated carbocycles. The number of hydrogen-bond donors (Lipinski definition) is 2. The molecule has 3 rings (SSSR count).